The summed E-state index contributed by atoms with van der Waals surface area (Å²) in [6.45, 7) is 3.75. The fraction of sp³-hybridized carbons (Fsp3) is 0.125. The van der Waals surface area contributed by atoms with E-state index in [1.807, 2.05) is 45.2 Å². The van der Waals surface area contributed by atoms with E-state index in [0.717, 1.165) is 33.5 Å². The maximum atomic E-state index is 13.2. The lowest BCUT2D eigenvalue weighted by atomic mass is 10.0. The largest absolute Gasteiger partial charge is 0.439 e. The van der Waals surface area contributed by atoms with Gasteiger partial charge in [0.2, 0.25) is 0 Å². The molecular weight excluding hydrogens is 436 g/mol. The van der Waals surface area contributed by atoms with E-state index in [2.05, 4.69) is 25.1 Å². The molecule has 2 N–H and O–H groups in total. The second kappa shape index (κ2) is 7.90. The summed E-state index contributed by atoms with van der Waals surface area (Å²) in [6.07, 6.45) is 0. The standard InChI is InChI=1S/C24H18N6O4/c1-12-21(13(2)33-28-12)16-6-5-15-9-20(30(3)19(15)10-16)23(31)26-18-7-4-14(11-25)8-17(18)22-27-24(32)34-29-22/h4-10H,1-3H3,(H,26,31)(H,27,29,32). The van der Waals surface area contributed by atoms with Crippen LogP contribution in [0, 0.1) is 25.2 Å². The van der Waals surface area contributed by atoms with Crippen LogP contribution in [-0.2, 0) is 7.05 Å². The van der Waals surface area contributed by atoms with Crippen LogP contribution in [0.5, 0.6) is 0 Å². The van der Waals surface area contributed by atoms with Crippen LogP contribution < -0.4 is 11.1 Å². The molecule has 3 aromatic heterocycles. The fourth-order valence-corrected chi connectivity index (χ4v) is 4.05. The van der Waals surface area contributed by atoms with Crippen molar-refractivity contribution in [2.45, 2.75) is 13.8 Å². The number of H-pyrrole nitrogens is 1. The number of anilines is 1. The van der Waals surface area contributed by atoms with Crippen LogP contribution in [-0.4, -0.2) is 25.8 Å². The predicted molar refractivity (Wildman–Crippen MR) is 123 cm³/mol. The molecule has 5 rings (SSSR count). The quantitative estimate of drug-likeness (QED) is 0.419. The van der Waals surface area contributed by atoms with Gasteiger partial charge in [0, 0.05) is 29.1 Å². The van der Waals surface area contributed by atoms with Gasteiger partial charge in [-0.15, -0.1) is 0 Å². The average Bonchev–Trinajstić information content (AvgIpc) is 3.51. The molecule has 10 nitrogen and oxygen atoms in total. The molecule has 34 heavy (non-hydrogen) atoms. The number of aromatic nitrogens is 4. The van der Waals surface area contributed by atoms with Crippen molar-refractivity contribution in [1.29, 1.82) is 5.26 Å². The first kappa shape index (κ1) is 21.0. The van der Waals surface area contributed by atoms with Crippen molar-refractivity contribution in [1.82, 2.24) is 19.9 Å². The monoisotopic (exact) mass is 454 g/mol. The molecule has 0 radical (unpaired) electrons. The normalized spacial score (nSPS) is 11.0. The summed E-state index contributed by atoms with van der Waals surface area (Å²) in [5.74, 6) is -0.270. The molecule has 2 aromatic carbocycles. The van der Waals surface area contributed by atoms with Gasteiger partial charge in [0.15, 0.2) is 5.82 Å². The lowest BCUT2D eigenvalue weighted by Gasteiger charge is -2.10. The number of carbonyl (C=O) groups excluding carboxylic acids is 1. The lowest BCUT2D eigenvalue weighted by Crippen LogP contribution is -2.16. The minimum atomic E-state index is -0.738. The zero-order valence-corrected chi connectivity index (χ0v) is 18.5. The van der Waals surface area contributed by atoms with E-state index < -0.39 is 5.76 Å². The van der Waals surface area contributed by atoms with E-state index in [-0.39, 0.29) is 11.7 Å². The third-order valence-corrected chi connectivity index (χ3v) is 5.69. The summed E-state index contributed by atoms with van der Waals surface area (Å²) >= 11 is 0. The Balaban J connectivity index is 1.53. The van der Waals surface area contributed by atoms with Gasteiger partial charge in [-0.1, -0.05) is 22.4 Å². The van der Waals surface area contributed by atoms with Crippen molar-refractivity contribution in [2.75, 3.05) is 5.32 Å². The maximum absolute atomic E-state index is 13.2. The molecule has 0 saturated heterocycles. The number of nitrogens with one attached hydrogen (secondary N) is 2. The Labute approximate surface area is 192 Å². The van der Waals surface area contributed by atoms with Crippen molar-refractivity contribution in [3.8, 4) is 28.6 Å². The number of nitriles is 1. The van der Waals surface area contributed by atoms with Gasteiger partial charge < -0.3 is 14.4 Å². The van der Waals surface area contributed by atoms with Crippen LogP contribution in [0.4, 0.5) is 5.69 Å². The molecule has 3 heterocycles. The molecule has 0 aliphatic rings. The summed E-state index contributed by atoms with van der Waals surface area (Å²) in [4.78, 5) is 27.1. The summed E-state index contributed by atoms with van der Waals surface area (Å²) in [5, 5.41) is 20.7. The van der Waals surface area contributed by atoms with E-state index in [4.69, 9.17) is 4.52 Å². The van der Waals surface area contributed by atoms with Crippen molar-refractivity contribution in [3.05, 3.63) is 75.7 Å². The zero-order chi connectivity index (χ0) is 24.0. The number of aryl methyl sites for hydroxylation is 3. The van der Waals surface area contributed by atoms with Gasteiger partial charge in [0.25, 0.3) is 5.91 Å². The number of nitrogens with zero attached hydrogens (tertiary/aromatic N) is 4. The highest BCUT2D eigenvalue weighted by atomic mass is 16.5. The third-order valence-electron chi connectivity index (χ3n) is 5.69. The molecule has 0 fully saturated rings. The molecule has 0 spiro atoms. The van der Waals surface area contributed by atoms with Crippen molar-refractivity contribution < 1.29 is 13.8 Å². The Bertz CT molecular complexity index is 1660. The minimum absolute atomic E-state index is 0.110. The Kier molecular flexibility index (Phi) is 4.87. The highest BCUT2D eigenvalue weighted by molar-refractivity contribution is 6.08. The van der Waals surface area contributed by atoms with Crippen molar-refractivity contribution in [2.24, 2.45) is 7.05 Å². The Morgan fingerprint density at radius 2 is 1.94 bits per heavy atom. The van der Waals surface area contributed by atoms with E-state index in [1.165, 1.54) is 6.07 Å². The highest BCUT2D eigenvalue weighted by Gasteiger charge is 2.19. The molecule has 168 valence electrons. The Morgan fingerprint density at radius 3 is 2.62 bits per heavy atom. The number of rotatable bonds is 4. The number of hydrogen-bond donors (Lipinski definition) is 2. The van der Waals surface area contributed by atoms with Crippen molar-refractivity contribution >= 4 is 22.5 Å². The first-order valence-corrected chi connectivity index (χ1v) is 10.3. The minimum Gasteiger partial charge on any atom is -0.361 e. The second-order valence-corrected chi connectivity index (χ2v) is 7.83. The summed E-state index contributed by atoms with van der Waals surface area (Å²) < 4.78 is 11.7. The SMILES string of the molecule is Cc1noc(C)c1-c1ccc2cc(C(=O)Nc3ccc(C#N)cc3-c3noc(=O)[nH]3)n(C)c2c1. The van der Waals surface area contributed by atoms with Gasteiger partial charge in [-0.05, 0) is 49.7 Å². The molecule has 10 heteroatoms. The zero-order valence-electron chi connectivity index (χ0n) is 18.5. The first-order valence-electron chi connectivity index (χ1n) is 10.3. The molecular formula is C24H18N6O4. The van der Waals surface area contributed by atoms with E-state index in [1.54, 1.807) is 22.8 Å². The van der Waals surface area contributed by atoms with Crippen LogP contribution in [0.2, 0.25) is 0 Å². The van der Waals surface area contributed by atoms with Gasteiger partial charge in [-0.2, -0.15) is 5.26 Å². The topological polar surface area (TPSA) is 143 Å². The van der Waals surface area contributed by atoms with Crippen LogP contribution in [0.1, 0.15) is 27.5 Å². The number of benzene rings is 2. The smallest absolute Gasteiger partial charge is 0.361 e. The van der Waals surface area contributed by atoms with Gasteiger partial charge in [0.1, 0.15) is 11.5 Å². The van der Waals surface area contributed by atoms with Gasteiger partial charge in [0.05, 0.1) is 23.0 Å². The van der Waals surface area contributed by atoms with E-state index in [0.29, 0.717) is 22.5 Å². The molecule has 0 unspecified atom stereocenters. The molecule has 1 amide bonds. The molecule has 0 aliphatic heterocycles. The Morgan fingerprint density at radius 1 is 1.12 bits per heavy atom. The fourth-order valence-electron chi connectivity index (χ4n) is 4.05. The third kappa shape index (κ3) is 3.45. The number of hydrogen-bond acceptors (Lipinski definition) is 7. The van der Waals surface area contributed by atoms with Crippen LogP contribution in [0.3, 0.4) is 0 Å². The average molecular weight is 454 g/mol. The summed E-state index contributed by atoms with van der Waals surface area (Å²) in [6, 6.07) is 14.4. The number of aromatic amines is 1. The van der Waals surface area contributed by atoms with E-state index >= 15 is 0 Å². The van der Waals surface area contributed by atoms with Crippen LogP contribution >= 0.6 is 0 Å². The molecule has 0 bridgehead atoms. The predicted octanol–water partition coefficient (Wildman–Crippen LogP) is 3.92. The van der Waals surface area contributed by atoms with Crippen LogP contribution in [0.25, 0.3) is 33.4 Å². The molecule has 5 aromatic rings. The van der Waals surface area contributed by atoms with E-state index in [9.17, 15) is 14.9 Å². The summed E-state index contributed by atoms with van der Waals surface area (Å²) in [7, 11) is 1.81. The number of carbonyl (C=O) groups is 1. The number of amides is 1. The first-order chi connectivity index (χ1) is 16.4. The highest BCUT2D eigenvalue weighted by Crippen LogP contribution is 2.31. The number of fused-ring (bicyclic) bond motifs is 1. The molecule has 0 saturated carbocycles. The Hall–Kier alpha value is -4.91. The molecule has 0 atom stereocenters. The molecule has 0 aliphatic carbocycles. The second-order valence-electron chi connectivity index (χ2n) is 7.83. The van der Waals surface area contributed by atoms with Gasteiger partial charge in [-0.25, -0.2) is 4.79 Å². The lowest BCUT2D eigenvalue weighted by molar-refractivity contribution is 0.102. The van der Waals surface area contributed by atoms with Gasteiger partial charge >= 0.3 is 5.76 Å². The summed E-state index contributed by atoms with van der Waals surface area (Å²) in [5.41, 5.74) is 5.03. The van der Waals surface area contributed by atoms with Crippen molar-refractivity contribution in [3.63, 3.8) is 0 Å². The van der Waals surface area contributed by atoms with Crippen LogP contribution in [0.15, 0.2) is 56.3 Å². The maximum Gasteiger partial charge on any atom is 0.439 e. The van der Waals surface area contributed by atoms with Gasteiger partial charge in [-0.3, -0.25) is 14.3 Å².